The summed E-state index contributed by atoms with van der Waals surface area (Å²) in [7, 11) is 0. The number of carbonyl (C=O) groups is 1. The number of rotatable bonds is 4. The van der Waals surface area contributed by atoms with E-state index in [-0.39, 0.29) is 5.91 Å². The number of fused-ring (bicyclic) bond motifs is 1. The van der Waals surface area contributed by atoms with Gasteiger partial charge in [-0.2, -0.15) is 0 Å². The van der Waals surface area contributed by atoms with Crippen LogP contribution in [-0.4, -0.2) is 21.8 Å². The van der Waals surface area contributed by atoms with E-state index >= 15 is 0 Å². The second-order valence-electron chi connectivity index (χ2n) is 4.33. The van der Waals surface area contributed by atoms with Gasteiger partial charge in [0.1, 0.15) is 5.69 Å². The lowest BCUT2D eigenvalue weighted by Crippen LogP contribution is -2.26. The van der Waals surface area contributed by atoms with Gasteiger partial charge in [-0.1, -0.05) is 0 Å². The summed E-state index contributed by atoms with van der Waals surface area (Å²) in [6.07, 6.45) is 7.44. The molecule has 5 nitrogen and oxygen atoms in total. The summed E-state index contributed by atoms with van der Waals surface area (Å²) >= 11 is 3.41. The number of carbonyl (C=O) groups excluding carboxylic acids is 1. The number of halogens is 1. The largest absolute Gasteiger partial charge is 0.472 e. The molecular weight excluding hydrogens is 322 g/mol. The SMILES string of the molecule is O=C(NCCc1ccoc1)c1cnc2c(Br)cccn12. The summed E-state index contributed by atoms with van der Waals surface area (Å²) in [5.41, 5.74) is 2.31. The summed E-state index contributed by atoms with van der Waals surface area (Å²) in [5, 5.41) is 2.88. The van der Waals surface area contributed by atoms with Crippen LogP contribution in [-0.2, 0) is 6.42 Å². The van der Waals surface area contributed by atoms with Crippen molar-refractivity contribution in [2.45, 2.75) is 6.42 Å². The molecule has 1 amide bonds. The first-order chi connectivity index (χ1) is 9.75. The van der Waals surface area contributed by atoms with Crippen molar-refractivity contribution in [3.63, 3.8) is 0 Å². The molecule has 0 saturated heterocycles. The Balaban J connectivity index is 1.71. The lowest BCUT2D eigenvalue weighted by atomic mass is 10.2. The highest BCUT2D eigenvalue weighted by Gasteiger charge is 2.12. The molecule has 20 heavy (non-hydrogen) atoms. The zero-order valence-electron chi connectivity index (χ0n) is 10.5. The first kappa shape index (κ1) is 12.9. The number of hydrogen-bond donors (Lipinski definition) is 1. The molecule has 0 aliphatic carbocycles. The number of imidazole rings is 1. The fourth-order valence-corrected chi connectivity index (χ4v) is 2.44. The van der Waals surface area contributed by atoms with E-state index in [0.717, 1.165) is 22.1 Å². The van der Waals surface area contributed by atoms with Crippen molar-refractivity contribution in [2.24, 2.45) is 0 Å². The minimum absolute atomic E-state index is 0.140. The molecule has 3 rings (SSSR count). The van der Waals surface area contributed by atoms with E-state index < -0.39 is 0 Å². The Morgan fingerprint density at radius 3 is 3.15 bits per heavy atom. The first-order valence-electron chi connectivity index (χ1n) is 6.16. The van der Waals surface area contributed by atoms with Crippen LogP contribution in [0.5, 0.6) is 0 Å². The number of furan rings is 1. The van der Waals surface area contributed by atoms with Crippen molar-refractivity contribution in [2.75, 3.05) is 6.54 Å². The minimum Gasteiger partial charge on any atom is -0.472 e. The topological polar surface area (TPSA) is 59.5 Å². The molecule has 3 aromatic heterocycles. The van der Waals surface area contributed by atoms with Crippen molar-refractivity contribution in [3.8, 4) is 0 Å². The Bertz CT molecular complexity index is 734. The molecule has 102 valence electrons. The van der Waals surface area contributed by atoms with Crippen LogP contribution in [0.4, 0.5) is 0 Å². The quantitative estimate of drug-likeness (QED) is 0.798. The molecule has 3 heterocycles. The van der Waals surface area contributed by atoms with Crippen LogP contribution in [0.2, 0.25) is 0 Å². The maximum absolute atomic E-state index is 12.1. The standard InChI is InChI=1S/C14H12BrN3O2/c15-11-2-1-6-18-12(8-17-13(11)18)14(19)16-5-3-10-4-7-20-9-10/h1-2,4,6-9H,3,5H2,(H,16,19). The van der Waals surface area contributed by atoms with Gasteiger partial charge < -0.3 is 9.73 Å². The maximum atomic E-state index is 12.1. The molecule has 6 heteroatoms. The van der Waals surface area contributed by atoms with E-state index in [2.05, 4.69) is 26.2 Å². The third-order valence-corrected chi connectivity index (χ3v) is 3.62. The van der Waals surface area contributed by atoms with E-state index in [1.807, 2.05) is 24.4 Å². The Morgan fingerprint density at radius 2 is 2.35 bits per heavy atom. The third-order valence-electron chi connectivity index (χ3n) is 3.00. The third kappa shape index (κ3) is 2.46. The van der Waals surface area contributed by atoms with Gasteiger partial charge >= 0.3 is 0 Å². The fraction of sp³-hybridized carbons (Fsp3) is 0.143. The van der Waals surface area contributed by atoms with E-state index in [1.165, 1.54) is 0 Å². The van der Waals surface area contributed by atoms with Crippen LogP contribution >= 0.6 is 15.9 Å². The van der Waals surface area contributed by atoms with Crippen LogP contribution < -0.4 is 5.32 Å². The van der Waals surface area contributed by atoms with Gasteiger partial charge in [0.2, 0.25) is 0 Å². The predicted molar refractivity (Wildman–Crippen MR) is 77.6 cm³/mol. The van der Waals surface area contributed by atoms with Gasteiger partial charge in [0.15, 0.2) is 5.65 Å². The molecular formula is C14H12BrN3O2. The number of amides is 1. The fourth-order valence-electron chi connectivity index (χ4n) is 1.99. The van der Waals surface area contributed by atoms with Crippen molar-refractivity contribution in [1.82, 2.24) is 14.7 Å². The highest BCUT2D eigenvalue weighted by molar-refractivity contribution is 9.10. The summed E-state index contributed by atoms with van der Waals surface area (Å²) in [4.78, 5) is 16.4. The van der Waals surface area contributed by atoms with Gasteiger partial charge in [-0.3, -0.25) is 9.20 Å². The molecule has 0 unspecified atom stereocenters. The number of aromatic nitrogens is 2. The second kappa shape index (κ2) is 5.50. The number of nitrogens with zero attached hydrogens (tertiary/aromatic N) is 2. The molecule has 0 radical (unpaired) electrons. The summed E-state index contributed by atoms with van der Waals surface area (Å²) in [5.74, 6) is -0.140. The monoisotopic (exact) mass is 333 g/mol. The molecule has 0 aliphatic rings. The molecule has 0 aromatic carbocycles. The molecule has 0 bridgehead atoms. The van der Waals surface area contributed by atoms with Crippen LogP contribution in [0.15, 0.2) is 52.0 Å². The average Bonchev–Trinajstić information content (AvgIpc) is 3.08. The van der Waals surface area contributed by atoms with Crippen molar-refractivity contribution in [1.29, 1.82) is 0 Å². The van der Waals surface area contributed by atoms with Crippen LogP contribution in [0, 0.1) is 0 Å². The van der Waals surface area contributed by atoms with E-state index in [1.54, 1.807) is 23.1 Å². The lowest BCUT2D eigenvalue weighted by Gasteiger charge is -2.04. The average molecular weight is 334 g/mol. The van der Waals surface area contributed by atoms with Crippen molar-refractivity contribution < 1.29 is 9.21 Å². The number of pyridine rings is 1. The predicted octanol–water partition coefficient (Wildman–Crippen LogP) is 2.66. The first-order valence-corrected chi connectivity index (χ1v) is 6.96. The van der Waals surface area contributed by atoms with Gasteiger partial charge in [-0.05, 0) is 46.1 Å². The maximum Gasteiger partial charge on any atom is 0.269 e. The number of nitrogens with one attached hydrogen (secondary N) is 1. The molecule has 0 spiro atoms. The highest BCUT2D eigenvalue weighted by Crippen LogP contribution is 2.17. The normalized spacial score (nSPS) is 10.8. The van der Waals surface area contributed by atoms with Gasteiger partial charge in [-0.15, -0.1) is 0 Å². The zero-order valence-corrected chi connectivity index (χ0v) is 12.1. The highest BCUT2D eigenvalue weighted by atomic mass is 79.9. The van der Waals surface area contributed by atoms with Crippen molar-refractivity contribution >= 4 is 27.5 Å². The zero-order chi connectivity index (χ0) is 13.9. The van der Waals surface area contributed by atoms with Crippen LogP contribution in [0.3, 0.4) is 0 Å². The Morgan fingerprint density at radius 1 is 1.45 bits per heavy atom. The van der Waals surface area contributed by atoms with Gasteiger partial charge in [0.25, 0.3) is 5.91 Å². The second-order valence-corrected chi connectivity index (χ2v) is 5.19. The minimum atomic E-state index is -0.140. The molecule has 0 aliphatic heterocycles. The summed E-state index contributed by atoms with van der Waals surface area (Å²) in [6.45, 7) is 0.555. The smallest absolute Gasteiger partial charge is 0.269 e. The Kier molecular flexibility index (Phi) is 3.56. The van der Waals surface area contributed by atoms with E-state index in [4.69, 9.17) is 4.42 Å². The van der Waals surface area contributed by atoms with E-state index in [9.17, 15) is 4.79 Å². The van der Waals surface area contributed by atoms with Crippen LogP contribution in [0.25, 0.3) is 5.65 Å². The van der Waals surface area contributed by atoms with Gasteiger partial charge in [0.05, 0.1) is 23.2 Å². The van der Waals surface area contributed by atoms with Crippen molar-refractivity contribution in [3.05, 3.63) is 58.8 Å². The lowest BCUT2D eigenvalue weighted by molar-refractivity contribution is 0.0948. The molecule has 3 aromatic rings. The summed E-state index contributed by atoms with van der Waals surface area (Å²) < 4.78 is 7.60. The Labute approximate surface area is 123 Å². The molecule has 0 atom stereocenters. The molecule has 0 fully saturated rings. The summed E-state index contributed by atoms with van der Waals surface area (Å²) in [6, 6.07) is 5.64. The van der Waals surface area contributed by atoms with Crippen LogP contribution in [0.1, 0.15) is 16.1 Å². The molecule has 1 N–H and O–H groups in total. The van der Waals surface area contributed by atoms with Gasteiger partial charge in [-0.25, -0.2) is 4.98 Å². The van der Waals surface area contributed by atoms with E-state index in [0.29, 0.717) is 12.2 Å². The Hall–Kier alpha value is -2.08. The number of hydrogen-bond acceptors (Lipinski definition) is 3. The van der Waals surface area contributed by atoms with Gasteiger partial charge in [0, 0.05) is 12.7 Å². The molecule has 0 saturated carbocycles.